The number of benzene rings is 2. The van der Waals surface area contributed by atoms with E-state index in [1.165, 1.54) is 7.11 Å². The molecule has 1 aliphatic heterocycles. The van der Waals surface area contributed by atoms with Crippen LogP contribution >= 0.6 is 11.6 Å². The van der Waals surface area contributed by atoms with Crippen molar-refractivity contribution in [2.24, 2.45) is 5.92 Å². The van der Waals surface area contributed by atoms with Crippen LogP contribution in [0.4, 0.5) is 0 Å². The number of carbonyl (C=O) groups is 2. The van der Waals surface area contributed by atoms with Crippen LogP contribution in [0.1, 0.15) is 45.5 Å². The van der Waals surface area contributed by atoms with Gasteiger partial charge in [-0.05, 0) is 66.8 Å². The largest absolute Gasteiger partial charge is 0.497 e. The van der Waals surface area contributed by atoms with E-state index in [2.05, 4.69) is 0 Å². The van der Waals surface area contributed by atoms with Crippen molar-refractivity contribution in [2.45, 2.75) is 25.9 Å². The van der Waals surface area contributed by atoms with Crippen LogP contribution in [-0.2, 0) is 6.61 Å². The lowest BCUT2D eigenvalue weighted by Gasteiger charge is -2.32. The summed E-state index contributed by atoms with van der Waals surface area (Å²) < 4.78 is 5.22. The van der Waals surface area contributed by atoms with Gasteiger partial charge in [0.05, 0.1) is 13.7 Å². The van der Waals surface area contributed by atoms with E-state index in [0.717, 1.165) is 12.8 Å². The Hall–Kier alpha value is -2.37. The van der Waals surface area contributed by atoms with Crippen molar-refractivity contribution in [3.8, 4) is 5.75 Å². The van der Waals surface area contributed by atoms with Crippen molar-refractivity contribution < 1.29 is 19.4 Å². The second kappa shape index (κ2) is 9.22. The van der Waals surface area contributed by atoms with Crippen LogP contribution in [0.2, 0.25) is 5.02 Å². The predicted octanol–water partition coefficient (Wildman–Crippen LogP) is 3.97. The average Bonchev–Trinajstić information content (AvgIpc) is 2.73. The molecular weight excluding hydrogens is 378 g/mol. The monoisotopic (exact) mass is 401 g/mol. The molecule has 0 aliphatic carbocycles. The Morgan fingerprint density at radius 3 is 2.61 bits per heavy atom. The number of hydrogen-bond donors (Lipinski definition) is 1. The molecule has 1 atom stereocenters. The molecule has 1 fully saturated rings. The molecule has 0 saturated carbocycles. The lowest BCUT2D eigenvalue weighted by atomic mass is 9.90. The number of aliphatic hydroxyl groups is 1. The van der Waals surface area contributed by atoms with Crippen LogP contribution in [0.15, 0.2) is 42.5 Å². The minimum absolute atomic E-state index is 0.000563. The number of carbonyl (C=O) groups excluding carboxylic acids is 2. The number of halogens is 1. The molecular formula is C22H24ClNO4. The van der Waals surface area contributed by atoms with Crippen LogP contribution < -0.4 is 4.74 Å². The molecule has 2 aromatic carbocycles. The Morgan fingerprint density at radius 1 is 1.18 bits per heavy atom. The number of hydrogen-bond acceptors (Lipinski definition) is 4. The third-order valence-electron chi connectivity index (χ3n) is 5.08. The molecule has 6 heteroatoms. The lowest BCUT2D eigenvalue weighted by Crippen LogP contribution is -2.40. The van der Waals surface area contributed by atoms with Gasteiger partial charge >= 0.3 is 0 Å². The summed E-state index contributed by atoms with van der Waals surface area (Å²) in [6.07, 6.45) is 2.15. The van der Waals surface area contributed by atoms with Gasteiger partial charge in [-0.3, -0.25) is 9.59 Å². The molecule has 2 aromatic rings. The molecule has 0 radical (unpaired) electrons. The standard InChI is InChI=1S/C22H24ClNO4/c1-28-20-10-16(14-25)9-18(12-20)21(26)11-15-3-2-8-24(13-15)22(27)17-4-6-19(23)7-5-17/h4-7,9-10,12,15,25H,2-3,8,11,13-14H2,1H3. The molecule has 1 saturated heterocycles. The minimum atomic E-state index is -0.149. The number of methoxy groups -OCH3 is 1. The van der Waals surface area contributed by atoms with E-state index in [-0.39, 0.29) is 24.2 Å². The fraction of sp³-hybridized carbons (Fsp3) is 0.364. The molecule has 28 heavy (non-hydrogen) atoms. The Morgan fingerprint density at radius 2 is 1.93 bits per heavy atom. The highest BCUT2D eigenvalue weighted by atomic mass is 35.5. The maximum Gasteiger partial charge on any atom is 0.253 e. The van der Waals surface area contributed by atoms with Gasteiger partial charge in [0, 0.05) is 35.7 Å². The summed E-state index contributed by atoms with van der Waals surface area (Å²) in [6, 6.07) is 12.0. The first-order chi connectivity index (χ1) is 13.5. The first kappa shape index (κ1) is 20.4. The number of ketones is 1. The maximum absolute atomic E-state index is 12.8. The van der Waals surface area contributed by atoms with Gasteiger partial charge in [-0.2, -0.15) is 0 Å². The van der Waals surface area contributed by atoms with Crippen LogP contribution in [0.3, 0.4) is 0 Å². The number of ether oxygens (including phenoxy) is 1. The first-order valence-corrected chi connectivity index (χ1v) is 9.75. The zero-order valence-electron chi connectivity index (χ0n) is 15.9. The molecule has 1 aliphatic rings. The Kier molecular flexibility index (Phi) is 6.70. The van der Waals surface area contributed by atoms with Crippen molar-refractivity contribution in [1.29, 1.82) is 0 Å². The van der Waals surface area contributed by atoms with Crippen LogP contribution in [0, 0.1) is 5.92 Å². The quantitative estimate of drug-likeness (QED) is 0.744. The van der Waals surface area contributed by atoms with Crippen LogP contribution in [-0.4, -0.2) is 41.9 Å². The van der Waals surface area contributed by atoms with Gasteiger partial charge in [-0.25, -0.2) is 0 Å². The number of rotatable bonds is 6. The molecule has 0 bridgehead atoms. The number of amides is 1. The van der Waals surface area contributed by atoms with Crippen molar-refractivity contribution in [2.75, 3.05) is 20.2 Å². The third-order valence-corrected chi connectivity index (χ3v) is 5.33. The van der Waals surface area contributed by atoms with E-state index in [1.807, 2.05) is 4.90 Å². The third kappa shape index (κ3) is 4.91. The van der Waals surface area contributed by atoms with Gasteiger partial charge < -0.3 is 14.7 Å². The molecule has 1 heterocycles. The van der Waals surface area contributed by atoms with E-state index in [1.54, 1.807) is 42.5 Å². The fourth-order valence-corrected chi connectivity index (χ4v) is 3.73. The summed E-state index contributed by atoms with van der Waals surface area (Å²) in [7, 11) is 1.53. The summed E-state index contributed by atoms with van der Waals surface area (Å²) in [4.78, 5) is 27.3. The Balaban J connectivity index is 1.67. The molecule has 3 rings (SSSR count). The van der Waals surface area contributed by atoms with Gasteiger partial charge in [0.1, 0.15) is 5.75 Å². The molecule has 1 unspecified atom stereocenters. The Labute approximate surface area is 169 Å². The minimum Gasteiger partial charge on any atom is -0.497 e. The van der Waals surface area contributed by atoms with E-state index in [9.17, 15) is 14.7 Å². The van der Waals surface area contributed by atoms with Gasteiger partial charge in [0.25, 0.3) is 5.91 Å². The lowest BCUT2D eigenvalue weighted by molar-refractivity contribution is 0.0652. The number of likely N-dealkylation sites (tertiary alicyclic amines) is 1. The normalized spacial score (nSPS) is 16.7. The molecule has 5 nitrogen and oxygen atoms in total. The van der Waals surface area contributed by atoms with E-state index >= 15 is 0 Å². The first-order valence-electron chi connectivity index (χ1n) is 9.37. The smallest absolute Gasteiger partial charge is 0.253 e. The van der Waals surface area contributed by atoms with Crippen LogP contribution in [0.25, 0.3) is 0 Å². The summed E-state index contributed by atoms with van der Waals surface area (Å²) in [6.45, 7) is 1.11. The summed E-state index contributed by atoms with van der Waals surface area (Å²) in [5, 5.41) is 9.98. The van der Waals surface area contributed by atoms with Crippen molar-refractivity contribution in [3.63, 3.8) is 0 Å². The fourth-order valence-electron chi connectivity index (χ4n) is 3.60. The summed E-state index contributed by atoms with van der Waals surface area (Å²) in [5.41, 5.74) is 1.78. The van der Waals surface area contributed by atoms with Gasteiger partial charge in [0.2, 0.25) is 0 Å². The molecule has 0 spiro atoms. The van der Waals surface area contributed by atoms with Gasteiger partial charge in [0.15, 0.2) is 5.78 Å². The number of nitrogens with zero attached hydrogens (tertiary/aromatic N) is 1. The molecule has 1 N–H and O–H groups in total. The SMILES string of the molecule is COc1cc(CO)cc(C(=O)CC2CCCN(C(=O)c3ccc(Cl)cc3)C2)c1. The van der Waals surface area contributed by atoms with Crippen molar-refractivity contribution in [1.82, 2.24) is 4.90 Å². The highest BCUT2D eigenvalue weighted by molar-refractivity contribution is 6.30. The second-order valence-corrected chi connectivity index (χ2v) is 7.56. The topological polar surface area (TPSA) is 66.8 Å². The summed E-state index contributed by atoms with van der Waals surface area (Å²) >= 11 is 5.90. The number of aliphatic hydroxyl groups excluding tert-OH is 1. The summed E-state index contributed by atoms with van der Waals surface area (Å²) in [5.74, 6) is 0.636. The average molecular weight is 402 g/mol. The molecule has 0 aromatic heterocycles. The van der Waals surface area contributed by atoms with Gasteiger partial charge in [-0.15, -0.1) is 0 Å². The van der Waals surface area contributed by atoms with E-state index < -0.39 is 0 Å². The Bertz CT molecular complexity index is 828. The highest BCUT2D eigenvalue weighted by Gasteiger charge is 2.26. The van der Waals surface area contributed by atoms with E-state index in [0.29, 0.717) is 47.0 Å². The molecule has 148 valence electrons. The van der Waals surface area contributed by atoms with Crippen molar-refractivity contribution in [3.05, 3.63) is 64.2 Å². The number of Topliss-reactive ketones (excluding diaryl/α,β-unsaturated/α-hetero) is 1. The second-order valence-electron chi connectivity index (χ2n) is 7.12. The van der Waals surface area contributed by atoms with Crippen molar-refractivity contribution >= 4 is 23.3 Å². The zero-order valence-corrected chi connectivity index (χ0v) is 16.6. The van der Waals surface area contributed by atoms with Crippen LogP contribution in [0.5, 0.6) is 5.75 Å². The van der Waals surface area contributed by atoms with E-state index in [4.69, 9.17) is 16.3 Å². The highest BCUT2D eigenvalue weighted by Crippen LogP contribution is 2.25. The number of piperidine rings is 1. The maximum atomic E-state index is 12.8. The predicted molar refractivity (Wildman–Crippen MR) is 108 cm³/mol. The van der Waals surface area contributed by atoms with Gasteiger partial charge in [-0.1, -0.05) is 11.6 Å². The molecule has 1 amide bonds. The zero-order chi connectivity index (χ0) is 20.1.